The summed E-state index contributed by atoms with van der Waals surface area (Å²) >= 11 is 0. The van der Waals surface area contributed by atoms with Crippen LogP contribution in [0.3, 0.4) is 0 Å². The summed E-state index contributed by atoms with van der Waals surface area (Å²) in [5, 5.41) is 4.99. The number of carbonyl (C=O) groups excluding carboxylic acids is 2. The van der Waals surface area contributed by atoms with Gasteiger partial charge < -0.3 is 20.1 Å². The highest BCUT2D eigenvalue weighted by atomic mass is 31.1. The second-order valence-corrected chi connectivity index (χ2v) is 3.88. The molecule has 1 aliphatic rings. The van der Waals surface area contributed by atoms with E-state index in [1.165, 1.54) is 0 Å². The molecule has 0 aromatic heterocycles. The minimum absolute atomic E-state index is 0.0132. The van der Waals surface area contributed by atoms with Gasteiger partial charge in [0.15, 0.2) is 0 Å². The van der Waals surface area contributed by atoms with E-state index in [4.69, 9.17) is 4.89 Å². The lowest BCUT2D eigenvalue weighted by Crippen LogP contribution is -2.42. The van der Waals surface area contributed by atoms with Gasteiger partial charge in [0.25, 0.3) is 0 Å². The predicted molar refractivity (Wildman–Crippen MR) is 51.3 cm³/mol. The molecule has 2 amide bonds. The summed E-state index contributed by atoms with van der Waals surface area (Å²) in [7, 11) is -2.93. The molecule has 3 N–H and O–H groups in total. The maximum Gasteiger partial charge on any atom is 0.316 e. The van der Waals surface area contributed by atoms with Crippen LogP contribution in [-0.2, 0) is 18.7 Å². The molecule has 0 spiro atoms. The number of amides is 2. The fourth-order valence-corrected chi connectivity index (χ4v) is 1.52. The Balaban J connectivity index is 2.13. The Bertz CT molecular complexity index is 283. The zero-order valence-electron chi connectivity index (χ0n) is 7.99. The van der Waals surface area contributed by atoms with Crippen LogP contribution in [0.5, 0.6) is 0 Å². The average Bonchev–Trinajstić information content (AvgIpc) is 2.59. The molecule has 1 rings (SSSR count). The first-order valence-electron chi connectivity index (χ1n) is 4.52. The SMILES string of the molecule is O=C1CC[C@@H](C(=O)NCCO[PH](=O)O)N1. The van der Waals surface area contributed by atoms with Gasteiger partial charge in [0.1, 0.15) is 6.04 Å². The molecule has 1 aliphatic heterocycles. The van der Waals surface area contributed by atoms with Gasteiger partial charge >= 0.3 is 8.25 Å². The molecular weight excluding hydrogens is 223 g/mol. The van der Waals surface area contributed by atoms with E-state index in [1.807, 2.05) is 0 Å². The van der Waals surface area contributed by atoms with Gasteiger partial charge in [-0.25, -0.2) is 0 Å². The van der Waals surface area contributed by atoms with Gasteiger partial charge in [-0.1, -0.05) is 0 Å². The fourth-order valence-electron chi connectivity index (χ4n) is 1.25. The van der Waals surface area contributed by atoms with E-state index in [9.17, 15) is 14.2 Å². The van der Waals surface area contributed by atoms with E-state index < -0.39 is 14.3 Å². The van der Waals surface area contributed by atoms with Crippen LogP contribution in [0.2, 0.25) is 0 Å². The van der Waals surface area contributed by atoms with Crippen molar-refractivity contribution in [3.8, 4) is 0 Å². The van der Waals surface area contributed by atoms with Crippen molar-refractivity contribution in [2.75, 3.05) is 13.2 Å². The molecule has 0 bridgehead atoms. The van der Waals surface area contributed by atoms with Crippen molar-refractivity contribution in [2.24, 2.45) is 0 Å². The van der Waals surface area contributed by atoms with Gasteiger partial charge in [-0.15, -0.1) is 0 Å². The molecule has 1 heterocycles. The summed E-state index contributed by atoms with van der Waals surface area (Å²) in [6.45, 7) is 0.142. The van der Waals surface area contributed by atoms with Crippen LogP contribution in [0.4, 0.5) is 0 Å². The molecule has 0 aromatic rings. The van der Waals surface area contributed by atoms with Crippen LogP contribution in [0.15, 0.2) is 0 Å². The fraction of sp³-hybridized carbons (Fsp3) is 0.714. The lowest BCUT2D eigenvalue weighted by molar-refractivity contribution is -0.125. The van der Waals surface area contributed by atoms with E-state index >= 15 is 0 Å². The second-order valence-electron chi connectivity index (χ2n) is 3.06. The highest BCUT2D eigenvalue weighted by Gasteiger charge is 2.26. The zero-order valence-corrected chi connectivity index (χ0v) is 8.99. The maximum atomic E-state index is 11.3. The molecule has 2 atom stereocenters. The highest BCUT2D eigenvalue weighted by Crippen LogP contribution is 2.12. The maximum absolute atomic E-state index is 11.3. The van der Waals surface area contributed by atoms with Crippen molar-refractivity contribution in [1.29, 1.82) is 0 Å². The summed E-state index contributed by atoms with van der Waals surface area (Å²) < 4.78 is 14.5. The third kappa shape index (κ3) is 4.42. The molecular formula is C7H13N2O5P. The van der Waals surface area contributed by atoms with Crippen LogP contribution >= 0.6 is 8.25 Å². The van der Waals surface area contributed by atoms with Crippen LogP contribution in [-0.4, -0.2) is 35.9 Å². The van der Waals surface area contributed by atoms with Crippen molar-refractivity contribution < 1.29 is 23.6 Å². The summed E-state index contributed by atoms with van der Waals surface area (Å²) in [5.74, 6) is -0.422. The van der Waals surface area contributed by atoms with Crippen LogP contribution in [0.1, 0.15) is 12.8 Å². The predicted octanol–water partition coefficient (Wildman–Crippen LogP) is -1.22. The topological polar surface area (TPSA) is 105 Å². The largest absolute Gasteiger partial charge is 0.352 e. The quantitative estimate of drug-likeness (QED) is 0.410. The first-order chi connectivity index (χ1) is 7.09. The summed E-state index contributed by atoms with van der Waals surface area (Å²) in [6, 6.07) is -0.483. The normalized spacial score (nSPS) is 22.2. The molecule has 1 unspecified atom stereocenters. The minimum Gasteiger partial charge on any atom is -0.352 e. The monoisotopic (exact) mass is 236 g/mol. The first kappa shape index (κ1) is 12.2. The Hall–Kier alpha value is -0.910. The van der Waals surface area contributed by atoms with Gasteiger partial charge in [0, 0.05) is 13.0 Å². The van der Waals surface area contributed by atoms with E-state index in [1.54, 1.807) is 0 Å². The van der Waals surface area contributed by atoms with Crippen molar-refractivity contribution in [3.05, 3.63) is 0 Å². The number of hydrogen-bond acceptors (Lipinski definition) is 4. The lowest BCUT2D eigenvalue weighted by Gasteiger charge is -2.10. The lowest BCUT2D eigenvalue weighted by atomic mass is 10.2. The third-order valence-electron chi connectivity index (χ3n) is 1.94. The summed E-state index contributed by atoms with van der Waals surface area (Å²) in [4.78, 5) is 30.4. The molecule has 7 nitrogen and oxygen atoms in total. The van der Waals surface area contributed by atoms with Gasteiger partial charge in [-0.2, -0.15) is 0 Å². The highest BCUT2D eigenvalue weighted by molar-refractivity contribution is 7.32. The van der Waals surface area contributed by atoms with E-state index in [0.29, 0.717) is 12.8 Å². The number of nitrogens with one attached hydrogen (secondary N) is 2. The average molecular weight is 236 g/mol. The zero-order chi connectivity index (χ0) is 11.3. The Morgan fingerprint density at radius 1 is 1.73 bits per heavy atom. The second kappa shape index (κ2) is 5.85. The smallest absolute Gasteiger partial charge is 0.316 e. The molecule has 0 aliphatic carbocycles. The first-order valence-corrected chi connectivity index (χ1v) is 5.79. The van der Waals surface area contributed by atoms with Gasteiger partial charge in [-0.05, 0) is 6.42 Å². The van der Waals surface area contributed by atoms with Crippen molar-refractivity contribution in [2.45, 2.75) is 18.9 Å². The number of carbonyl (C=O) groups is 2. The van der Waals surface area contributed by atoms with Crippen molar-refractivity contribution >= 4 is 20.1 Å². The van der Waals surface area contributed by atoms with Gasteiger partial charge in [-0.3, -0.25) is 14.2 Å². The van der Waals surface area contributed by atoms with E-state index in [-0.39, 0.29) is 25.0 Å². The minimum atomic E-state index is -2.93. The Labute approximate surface area is 87.1 Å². The number of hydrogen-bond donors (Lipinski definition) is 3. The molecule has 15 heavy (non-hydrogen) atoms. The molecule has 1 saturated heterocycles. The molecule has 0 radical (unpaired) electrons. The summed E-state index contributed by atoms with van der Waals surface area (Å²) in [6.07, 6.45) is 0.848. The van der Waals surface area contributed by atoms with Crippen molar-refractivity contribution in [3.63, 3.8) is 0 Å². The molecule has 8 heteroatoms. The van der Waals surface area contributed by atoms with Crippen LogP contribution in [0, 0.1) is 0 Å². The summed E-state index contributed by atoms with van der Waals surface area (Å²) in [5.41, 5.74) is 0. The van der Waals surface area contributed by atoms with E-state index in [0.717, 1.165) is 0 Å². The van der Waals surface area contributed by atoms with Gasteiger partial charge in [0.05, 0.1) is 6.61 Å². The van der Waals surface area contributed by atoms with Gasteiger partial charge in [0.2, 0.25) is 11.8 Å². The molecule has 86 valence electrons. The molecule has 0 saturated carbocycles. The van der Waals surface area contributed by atoms with Crippen molar-refractivity contribution in [1.82, 2.24) is 10.6 Å². The van der Waals surface area contributed by atoms with Crippen LogP contribution < -0.4 is 10.6 Å². The molecule has 0 aromatic carbocycles. The number of rotatable bonds is 5. The van der Waals surface area contributed by atoms with Crippen LogP contribution in [0.25, 0.3) is 0 Å². The Morgan fingerprint density at radius 3 is 3.00 bits per heavy atom. The Kier molecular flexibility index (Phi) is 4.74. The van der Waals surface area contributed by atoms with E-state index in [2.05, 4.69) is 15.2 Å². The standard InChI is InChI=1S/C7H13N2O5P/c10-6-2-1-5(9-6)7(11)8-3-4-14-15(12)13/h5,15H,1-4H2,(H,8,11)(H,9,10)(H,12,13)/t5-/m0/s1. The Morgan fingerprint density at radius 2 is 2.47 bits per heavy atom. The molecule has 1 fully saturated rings. The third-order valence-corrected chi connectivity index (χ3v) is 2.39.